The van der Waals surface area contributed by atoms with E-state index in [0.717, 1.165) is 5.56 Å². The van der Waals surface area contributed by atoms with Crippen molar-refractivity contribution in [2.45, 2.75) is 20.5 Å². The van der Waals surface area contributed by atoms with Gasteiger partial charge in [-0.2, -0.15) is 0 Å². The molecule has 0 N–H and O–H groups in total. The Balaban J connectivity index is 2.08. The van der Waals surface area contributed by atoms with Crippen LogP contribution >= 0.6 is 23.2 Å². The van der Waals surface area contributed by atoms with Crippen LogP contribution in [-0.2, 0) is 11.3 Å². The lowest BCUT2D eigenvalue weighted by Crippen LogP contribution is -2.07. The van der Waals surface area contributed by atoms with Gasteiger partial charge in [0.25, 0.3) is 0 Å². The Morgan fingerprint density at radius 2 is 1.62 bits per heavy atom. The molecule has 128 valence electrons. The molecule has 0 spiro atoms. The molecule has 24 heavy (non-hydrogen) atoms. The van der Waals surface area contributed by atoms with Gasteiger partial charge in [0.15, 0.2) is 11.5 Å². The highest BCUT2D eigenvalue weighted by Gasteiger charge is 2.13. The molecule has 0 heterocycles. The van der Waals surface area contributed by atoms with E-state index < -0.39 is 5.97 Å². The van der Waals surface area contributed by atoms with Gasteiger partial charge >= 0.3 is 5.97 Å². The Morgan fingerprint density at radius 3 is 2.29 bits per heavy atom. The molecule has 0 aliphatic rings. The summed E-state index contributed by atoms with van der Waals surface area (Å²) in [6.45, 7) is 4.84. The average molecular weight is 369 g/mol. The number of benzene rings is 2. The fraction of sp³-hybridized carbons (Fsp3) is 0.278. The minimum Gasteiger partial charge on any atom is -0.490 e. The highest BCUT2D eigenvalue weighted by atomic mass is 35.5. The third kappa shape index (κ3) is 4.79. The summed E-state index contributed by atoms with van der Waals surface area (Å²) in [6.07, 6.45) is 0. The van der Waals surface area contributed by atoms with Crippen LogP contribution in [0.25, 0.3) is 0 Å². The summed E-state index contributed by atoms with van der Waals surface area (Å²) < 4.78 is 16.3. The van der Waals surface area contributed by atoms with Gasteiger partial charge < -0.3 is 14.2 Å². The van der Waals surface area contributed by atoms with Crippen LogP contribution in [0.3, 0.4) is 0 Å². The summed E-state index contributed by atoms with van der Waals surface area (Å²) in [4.78, 5) is 12.2. The molecule has 2 rings (SSSR count). The molecule has 0 aliphatic carbocycles. The van der Waals surface area contributed by atoms with Crippen molar-refractivity contribution in [1.29, 1.82) is 0 Å². The van der Waals surface area contributed by atoms with Crippen molar-refractivity contribution >= 4 is 29.2 Å². The molecule has 0 amide bonds. The number of halogens is 2. The van der Waals surface area contributed by atoms with Crippen LogP contribution in [0.15, 0.2) is 36.4 Å². The van der Waals surface area contributed by atoms with Crippen molar-refractivity contribution < 1.29 is 19.0 Å². The molecule has 2 aromatic carbocycles. The maximum absolute atomic E-state index is 12.2. The molecule has 0 radical (unpaired) electrons. The minimum absolute atomic E-state index is 0.104. The summed E-state index contributed by atoms with van der Waals surface area (Å²) in [6, 6.07) is 10.0. The van der Waals surface area contributed by atoms with Gasteiger partial charge in [0.2, 0.25) is 0 Å². The van der Waals surface area contributed by atoms with Crippen molar-refractivity contribution in [3.05, 3.63) is 57.6 Å². The van der Waals surface area contributed by atoms with E-state index in [0.29, 0.717) is 40.3 Å². The summed E-state index contributed by atoms with van der Waals surface area (Å²) in [5, 5.41) is 0.879. The molecule has 2 aromatic rings. The second-order valence-corrected chi connectivity index (χ2v) is 5.67. The molecule has 4 nitrogen and oxygen atoms in total. The Kier molecular flexibility index (Phi) is 6.76. The Bertz CT molecular complexity index is 716. The number of rotatable bonds is 7. The first kappa shape index (κ1) is 18.4. The third-order valence-corrected chi connectivity index (χ3v) is 3.87. The summed E-state index contributed by atoms with van der Waals surface area (Å²) in [7, 11) is 0. The van der Waals surface area contributed by atoms with E-state index in [2.05, 4.69) is 0 Å². The van der Waals surface area contributed by atoms with Crippen LogP contribution in [-0.4, -0.2) is 19.2 Å². The van der Waals surface area contributed by atoms with Crippen LogP contribution in [0.5, 0.6) is 11.5 Å². The number of carbonyl (C=O) groups is 1. The van der Waals surface area contributed by atoms with Gasteiger partial charge in [0, 0.05) is 0 Å². The van der Waals surface area contributed by atoms with Crippen molar-refractivity contribution in [3.63, 3.8) is 0 Å². The normalized spacial score (nSPS) is 10.3. The fourth-order valence-electron chi connectivity index (χ4n) is 2.04. The lowest BCUT2D eigenvalue weighted by atomic mass is 10.2. The zero-order valence-corrected chi connectivity index (χ0v) is 15.0. The first-order chi connectivity index (χ1) is 11.5. The van der Waals surface area contributed by atoms with E-state index in [-0.39, 0.29) is 6.61 Å². The summed E-state index contributed by atoms with van der Waals surface area (Å²) in [5.41, 5.74) is 1.15. The average Bonchev–Trinajstić information content (AvgIpc) is 2.57. The molecule has 0 atom stereocenters. The number of esters is 1. The van der Waals surface area contributed by atoms with E-state index >= 15 is 0 Å². The van der Waals surface area contributed by atoms with Crippen LogP contribution in [0.1, 0.15) is 29.8 Å². The van der Waals surface area contributed by atoms with Crippen molar-refractivity contribution in [1.82, 2.24) is 0 Å². The number of hydrogen-bond donors (Lipinski definition) is 0. The molecular weight excluding hydrogens is 351 g/mol. The Hall–Kier alpha value is -1.91. The predicted molar refractivity (Wildman–Crippen MR) is 94.4 cm³/mol. The van der Waals surface area contributed by atoms with Crippen molar-refractivity contribution in [2.24, 2.45) is 0 Å². The second-order valence-electron chi connectivity index (χ2n) is 4.85. The number of carbonyl (C=O) groups excluding carboxylic acids is 1. The topological polar surface area (TPSA) is 44.8 Å². The van der Waals surface area contributed by atoms with E-state index in [9.17, 15) is 4.79 Å². The fourth-order valence-corrected chi connectivity index (χ4v) is 2.36. The molecule has 0 unspecified atom stereocenters. The Morgan fingerprint density at radius 1 is 0.917 bits per heavy atom. The molecule has 0 aromatic heterocycles. The SMILES string of the molecule is CCOc1ccc(C(=O)OCc2ccc(Cl)c(Cl)c2)cc1OCC. The van der Waals surface area contributed by atoms with E-state index in [1.54, 1.807) is 36.4 Å². The van der Waals surface area contributed by atoms with Gasteiger partial charge in [-0.25, -0.2) is 4.79 Å². The second kappa shape index (κ2) is 8.81. The monoisotopic (exact) mass is 368 g/mol. The summed E-state index contributed by atoms with van der Waals surface area (Å²) >= 11 is 11.8. The molecule has 0 aliphatic heterocycles. The molecular formula is C18H18Cl2O4. The first-order valence-electron chi connectivity index (χ1n) is 7.55. The van der Waals surface area contributed by atoms with Crippen LogP contribution in [0, 0.1) is 0 Å². The molecule has 0 saturated heterocycles. The van der Waals surface area contributed by atoms with Crippen molar-refractivity contribution in [3.8, 4) is 11.5 Å². The number of ether oxygens (including phenoxy) is 3. The van der Waals surface area contributed by atoms with Gasteiger partial charge in [-0.15, -0.1) is 0 Å². The summed E-state index contributed by atoms with van der Waals surface area (Å²) in [5.74, 6) is 0.661. The van der Waals surface area contributed by atoms with Crippen LogP contribution < -0.4 is 9.47 Å². The third-order valence-electron chi connectivity index (χ3n) is 3.13. The maximum atomic E-state index is 12.2. The van der Waals surface area contributed by atoms with Crippen LogP contribution in [0.4, 0.5) is 0 Å². The van der Waals surface area contributed by atoms with Crippen LogP contribution in [0.2, 0.25) is 10.0 Å². The van der Waals surface area contributed by atoms with E-state index in [1.165, 1.54) is 0 Å². The standard InChI is InChI=1S/C18H18Cl2O4/c1-3-22-16-8-6-13(10-17(16)23-4-2)18(21)24-11-12-5-7-14(19)15(20)9-12/h5-10H,3-4,11H2,1-2H3. The largest absolute Gasteiger partial charge is 0.490 e. The Labute approximate surface area is 151 Å². The quantitative estimate of drug-likeness (QED) is 0.634. The van der Waals surface area contributed by atoms with Gasteiger partial charge in [-0.1, -0.05) is 29.3 Å². The molecule has 0 saturated carbocycles. The highest BCUT2D eigenvalue weighted by Crippen LogP contribution is 2.29. The maximum Gasteiger partial charge on any atom is 0.338 e. The first-order valence-corrected chi connectivity index (χ1v) is 8.31. The minimum atomic E-state index is -0.454. The van der Waals surface area contributed by atoms with Gasteiger partial charge in [-0.3, -0.25) is 0 Å². The van der Waals surface area contributed by atoms with Gasteiger partial charge in [0.1, 0.15) is 6.61 Å². The molecule has 0 fully saturated rings. The molecule has 0 bridgehead atoms. The highest BCUT2D eigenvalue weighted by molar-refractivity contribution is 6.42. The van der Waals surface area contributed by atoms with Crippen molar-refractivity contribution in [2.75, 3.05) is 13.2 Å². The lowest BCUT2D eigenvalue weighted by Gasteiger charge is -2.12. The molecule has 6 heteroatoms. The van der Waals surface area contributed by atoms with E-state index in [1.807, 2.05) is 13.8 Å². The predicted octanol–water partition coefficient (Wildman–Crippen LogP) is 5.15. The van der Waals surface area contributed by atoms with Gasteiger partial charge in [0.05, 0.1) is 28.8 Å². The lowest BCUT2D eigenvalue weighted by molar-refractivity contribution is 0.0472. The number of hydrogen-bond acceptors (Lipinski definition) is 4. The zero-order chi connectivity index (χ0) is 17.5. The van der Waals surface area contributed by atoms with E-state index in [4.69, 9.17) is 37.4 Å². The zero-order valence-electron chi connectivity index (χ0n) is 13.5. The smallest absolute Gasteiger partial charge is 0.338 e. The van der Waals surface area contributed by atoms with Gasteiger partial charge in [-0.05, 0) is 49.7 Å².